The zero-order valence-corrected chi connectivity index (χ0v) is 18.9. The molecule has 3 N–H and O–H groups in total. The lowest BCUT2D eigenvalue weighted by atomic mass is 10.1. The smallest absolute Gasteiger partial charge is 0.190 e. The Bertz CT molecular complexity index is 668. The molecule has 0 amide bonds. The van der Waals surface area contributed by atoms with Crippen molar-refractivity contribution in [2.24, 2.45) is 4.99 Å². The zero-order valence-electron chi connectivity index (χ0n) is 16.6. The summed E-state index contributed by atoms with van der Waals surface area (Å²) in [5.74, 6) is 1.80. The van der Waals surface area contributed by atoms with Crippen molar-refractivity contribution < 1.29 is 0 Å². The van der Waals surface area contributed by atoms with Crippen LogP contribution in [0.25, 0.3) is 0 Å². The van der Waals surface area contributed by atoms with Gasteiger partial charge in [-0.05, 0) is 50.8 Å². The number of aliphatic imine (C=N–C) groups is 1. The van der Waals surface area contributed by atoms with E-state index in [1.54, 1.807) is 6.20 Å². The second-order valence-corrected chi connectivity index (χ2v) is 6.52. The minimum Gasteiger partial charge on any atom is -0.370 e. The van der Waals surface area contributed by atoms with Crippen LogP contribution >= 0.6 is 24.0 Å². The summed E-state index contributed by atoms with van der Waals surface area (Å²) in [5.41, 5.74) is 4.01. The number of aryl methyl sites for hydroxylation is 2. The first-order valence-corrected chi connectivity index (χ1v) is 9.34. The Morgan fingerprint density at radius 1 is 0.963 bits per heavy atom. The number of anilines is 1. The number of rotatable bonds is 9. The molecule has 0 aliphatic rings. The number of nitrogens with one attached hydrogen (secondary N) is 3. The van der Waals surface area contributed by atoms with Gasteiger partial charge in [-0.2, -0.15) is 0 Å². The van der Waals surface area contributed by atoms with E-state index in [-0.39, 0.29) is 24.0 Å². The van der Waals surface area contributed by atoms with Crippen LogP contribution in [0.15, 0.2) is 47.6 Å². The van der Waals surface area contributed by atoms with Crippen molar-refractivity contribution in [2.75, 3.05) is 32.0 Å². The van der Waals surface area contributed by atoms with E-state index >= 15 is 0 Å². The number of nitrogens with zero attached hydrogens (tertiary/aromatic N) is 2. The highest BCUT2D eigenvalue weighted by Crippen LogP contribution is 2.09. The molecule has 0 fully saturated rings. The largest absolute Gasteiger partial charge is 0.370 e. The number of hydrogen-bond donors (Lipinski definition) is 3. The quantitative estimate of drug-likeness (QED) is 0.220. The van der Waals surface area contributed by atoms with E-state index in [1.807, 2.05) is 25.2 Å². The predicted molar refractivity (Wildman–Crippen MR) is 126 cm³/mol. The van der Waals surface area contributed by atoms with E-state index in [0.29, 0.717) is 0 Å². The Morgan fingerprint density at radius 3 is 2.33 bits per heavy atom. The molecule has 0 aliphatic heterocycles. The van der Waals surface area contributed by atoms with Crippen LogP contribution in [-0.2, 0) is 6.42 Å². The van der Waals surface area contributed by atoms with Crippen LogP contribution < -0.4 is 16.0 Å². The Balaban J connectivity index is 0.00000364. The van der Waals surface area contributed by atoms with Gasteiger partial charge in [-0.15, -0.1) is 24.0 Å². The molecule has 5 nitrogen and oxygen atoms in total. The second kappa shape index (κ2) is 13.4. The first kappa shape index (κ1) is 23.2. The number of guanidine groups is 1. The molecule has 27 heavy (non-hydrogen) atoms. The third-order valence-corrected chi connectivity index (χ3v) is 4.08. The minimum absolute atomic E-state index is 0. The third kappa shape index (κ3) is 9.60. The molecule has 0 radical (unpaired) electrons. The normalized spacial score (nSPS) is 10.9. The molecule has 0 aliphatic carbocycles. The Labute approximate surface area is 180 Å². The van der Waals surface area contributed by atoms with Gasteiger partial charge >= 0.3 is 0 Å². The maximum absolute atomic E-state index is 4.29. The van der Waals surface area contributed by atoms with Crippen molar-refractivity contribution in [3.8, 4) is 0 Å². The fourth-order valence-electron chi connectivity index (χ4n) is 2.90. The van der Waals surface area contributed by atoms with Gasteiger partial charge in [0.15, 0.2) is 5.96 Å². The number of benzene rings is 1. The van der Waals surface area contributed by atoms with Crippen LogP contribution in [0.5, 0.6) is 0 Å². The highest BCUT2D eigenvalue weighted by molar-refractivity contribution is 14.0. The van der Waals surface area contributed by atoms with Gasteiger partial charge in [0, 0.05) is 32.9 Å². The van der Waals surface area contributed by atoms with E-state index in [2.05, 4.69) is 58.0 Å². The van der Waals surface area contributed by atoms with Crippen LogP contribution in [0.4, 0.5) is 5.82 Å². The van der Waals surface area contributed by atoms with Gasteiger partial charge in [0.2, 0.25) is 0 Å². The number of halogens is 1. The SMILES string of the molecule is CN=C(NCCCCNc1ccccn1)NCCc1cc(C)cc(C)c1.I. The molecule has 0 spiro atoms. The molecule has 0 saturated carbocycles. The monoisotopic (exact) mass is 481 g/mol. The summed E-state index contributed by atoms with van der Waals surface area (Å²) in [6, 6.07) is 12.6. The standard InChI is InChI=1S/C21H31N5.HI/c1-17-14-18(2)16-19(15-17)9-13-26-21(22-3)25-12-7-6-11-24-20-8-4-5-10-23-20;/h4-5,8,10,14-16H,6-7,9,11-13H2,1-3H3,(H,23,24)(H2,22,25,26);1H. The van der Waals surface area contributed by atoms with Gasteiger partial charge in [0.05, 0.1) is 0 Å². The lowest BCUT2D eigenvalue weighted by Gasteiger charge is -2.12. The Kier molecular flexibility index (Phi) is 11.5. The summed E-state index contributed by atoms with van der Waals surface area (Å²) in [7, 11) is 1.81. The molecule has 0 unspecified atom stereocenters. The lowest BCUT2D eigenvalue weighted by molar-refractivity contribution is 0.710. The van der Waals surface area contributed by atoms with Crippen molar-refractivity contribution in [3.63, 3.8) is 0 Å². The third-order valence-electron chi connectivity index (χ3n) is 4.08. The van der Waals surface area contributed by atoms with Crippen molar-refractivity contribution in [1.29, 1.82) is 0 Å². The fraction of sp³-hybridized carbons (Fsp3) is 0.429. The highest BCUT2D eigenvalue weighted by Gasteiger charge is 1.99. The van der Waals surface area contributed by atoms with Crippen LogP contribution in [0, 0.1) is 13.8 Å². The average Bonchev–Trinajstić information content (AvgIpc) is 2.63. The minimum atomic E-state index is 0. The molecule has 1 aromatic heterocycles. The molecule has 2 aromatic rings. The Hall–Kier alpha value is -1.83. The number of pyridine rings is 1. The van der Waals surface area contributed by atoms with Gasteiger partial charge in [-0.25, -0.2) is 4.98 Å². The van der Waals surface area contributed by atoms with E-state index in [4.69, 9.17) is 0 Å². The molecule has 0 saturated heterocycles. The van der Waals surface area contributed by atoms with Crippen LogP contribution in [0.1, 0.15) is 29.5 Å². The molecular formula is C21H32IN5. The van der Waals surface area contributed by atoms with E-state index < -0.39 is 0 Å². The summed E-state index contributed by atoms with van der Waals surface area (Å²) in [6.07, 6.45) is 4.97. The molecule has 0 bridgehead atoms. The molecule has 1 aromatic carbocycles. The Morgan fingerprint density at radius 2 is 1.67 bits per heavy atom. The number of aromatic nitrogens is 1. The van der Waals surface area contributed by atoms with Crippen molar-refractivity contribution in [2.45, 2.75) is 33.1 Å². The van der Waals surface area contributed by atoms with Gasteiger partial charge in [0.1, 0.15) is 5.82 Å². The van der Waals surface area contributed by atoms with Crippen LogP contribution in [-0.4, -0.2) is 37.6 Å². The summed E-state index contributed by atoms with van der Waals surface area (Å²) in [6.45, 7) is 7.01. The molecule has 0 atom stereocenters. The highest BCUT2D eigenvalue weighted by atomic mass is 127. The maximum atomic E-state index is 4.29. The van der Waals surface area contributed by atoms with E-state index in [1.165, 1.54) is 16.7 Å². The summed E-state index contributed by atoms with van der Waals surface area (Å²) >= 11 is 0. The summed E-state index contributed by atoms with van der Waals surface area (Å²) < 4.78 is 0. The van der Waals surface area contributed by atoms with Crippen LogP contribution in [0.2, 0.25) is 0 Å². The predicted octanol–water partition coefficient (Wildman–Crippen LogP) is 3.92. The maximum Gasteiger partial charge on any atom is 0.190 e. The second-order valence-electron chi connectivity index (χ2n) is 6.52. The first-order chi connectivity index (χ1) is 12.7. The number of unbranched alkanes of at least 4 members (excludes halogenated alkanes) is 1. The molecule has 1 heterocycles. The summed E-state index contributed by atoms with van der Waals surface area (Å²) in [4.78, 5) is 8.54. The van der Waals surface area contributed by atoms with Gasteiger partial charge < -0.3 is 16.0 Å². The topological polar surface area (TPSA) is 61.3 Å². The first-order valence-electron chi connectivity index (χ1n) is 9.34. The number of hydrogen-bond acceptors (Lipinski definition) is 3. The fourth-order valence-corrected chi connectivity index (χ4v) is 2.90. The van der Waals surface area contributed by atoms with Crippen molar-refractivity contribution >= 4 is 35.8 Å². The van der Waals surface area contributed by atoms with E-state index in [9.17, 15) is 0 Å². The van der Waals surface area contributed by atoms with Gasteiger partial charge in [-0.1, -0.05) is 35.4 Å². The lowest BCUT2D eigenvalue weighted by Crippen LogP contribution is -2.38. The van der Waals surface area contributed by atoms with Gasteiger partial charge in [0.25, 0.3) is 0 Å². The average molecular weight is 481 g/mol. The molecular weight excluding hydrogens is 449 g/mol. The molecule has 6 heteroatoms. The van der Waals surface area contributed by atoms with Crippen molar-refractivity contribution in [1.82, 2.24) is 15.6 Å². The molecule has 2 rings (SSSR count). The molecule has 148 valence electrons. The van der Waals surface area contributed by atoms with Gasteiger partial charge in [-0.3, -0.25) is 4.99 Å². The van der Waals surface area contributed by atoms with Crippen molar-refractivity contribution in [3.05, 3.63) is 59.3 Å². The summed E-state index contributed by atoms with van der Waals surface area (Å²) in [5, 5.41) is 10.1. The zero-order chi connectivity index (χ0) is 18.6. The van der Waals surface area contributed by atoms with Crippen LogP contribution in [0.3, 0.4) is 0 Å². The van der Waals surface area contributed by atoms with E-state index in [0.717, 1.165) is 50.7 Å².